The second-order valence-corrected chi connectivity index (χ2v) is 6.97. The fourth-order valence-corrected chi connectivity index (χ4v) is 3.10. The van der Waals surface area contributed by atoms with E-state index in [9.17, 15) is 0 Å². The zero-order valence-corrected chi connectivity index (χ0v) is 13.8. The lowest BCUT2D eigenvalue weighted by Crippen LogP contribution is -1.96. The fourth-order valence-electron chi connectivity index (χ4n) is 1.98. The Balaban J connectivity index is 1.83. The average molecular weight is 333 g/mol. The molecule has 104 valence electrons. The molecule has 0 N–H and O–H groups in total. The van der Waals surface area contributed by atoms with E-state index in [4.69, 9.17) is 4.74 Å². The quantitative estimate of drug-likeness (QED) is 0.425. The molecule has 0 radical (unpaired) electrons. The minimum Gasteiger partial charge on any atom is -0.492 e. The first-order chi connectivity index (χ1) is 8.84. The zero-order valence-electron chi connectivity index (χ0n) is 11.4. The molecule has 1 aromatic rings. The van der Waals surface area contributed by atoms with Crippen LogP contribution >= 0.6 is 27.3 Å². The topological polar surface area (TPSA) is 9.23 Å². The molecule has 1 rings (SSSR count). The third kappa shape index (κ3) is 7.42. The molecular weight excluding hydrogens is 308 g/mol. The summed E-state index contributed by atoms with van der Waals surface area (Å²) in [4.78, 5) is 0. The molecule has 0 aliphatic carbocycles. The largest absolute Gasteiger partial charge is 0.492 e. The molecule has 0 amide bonds. The Hall–Kier alpha value is -0.0200. The third-order valence-corrected chi connectivity index (χ3v) is 4.72. The summed E-state index contributed by atoms with van der Waals surface area (Å²) in [5.41, 5.74) is 0. The van der Waals surface area contributed by atoms with Gasteiger partial charge < -0.3 is 4.74 Å². The van der Waals surface area contributed by atoms with Gasteiger partial charge in [0.25, 0.3) is 0 Å². The summed E-state index contributed by atoms with van der Waals surface area (Å²) >= 11 is 5.16. The highest BCUT2D eigenvalue weighted by molar-refractivity contribution is 9.11. The van der Waals surface area contributed by atoms with Gasteiger partial charge in [-0.25, -0.2) is 0 Å². The monoisotopic (exact) mass is 332 g/mol. The van der Waals surface area contributed by atoms with Crippen molar-refractivity contribution in [2.75, 3.05) is 6.61 Å². The third-order valence-electron chi connectivity index (χ3n) is 3.09. The summed E-state index contributed by atoms with van der Waals surface area (Å²) in [5, 5.41) is 2.05. The van der Waals surface area contributed by atoms with Gasteiger partial charge >= 0.3 is 0 Å². The molecule has 1 nitrogen and oxygen atoms in total. The first-order valence-corrected chi connectivity index (χ1v) is 8.87. The Bertz CT molecular complexity index is 298. The van der Waals surface area contributed by atoms with Gasteiger partial charge in [0.05, 0.1) is 6.61 Å². The molecule has 1 aromatic heterocycles. The van der Waals surface area contributed by atoms with E-state index < -0.39 is 0 Å². The van der Waals surface area contributed by atoms with E-state index >= 15 is 0 Å². The van der Waals surface area contributed by atoms with Crippen molar-refractivity contribution in [3.8, 4) is 5.75 Å². The summed E-state index contributed by atoms with van der Waals surface area (Å²) in [6.07, 6.45) is 12.2. The number of halogens is 1. The Morgan fingerprint density at radius 1 is 1.00 bits per heavy atom. The van der Waals surface area contributed by atoms with Crippen LogP contribution < -0.4 is 4.74 Å². The molecular formula is C15H25BrOS. The standard InChI is InChI=1S/C15H25BrOS/c1-2-3-4-5-6-7-8-9-10-12-17-14-11-13-18-15(14)16/h11,13H,2-10,12H2,1H3. The molecule has 18 heavy (non-hydrogen) atoms. The lowest BCUT2D eigenvalue weighted by molar-refractivity contribution is 0.304. The number of ether oxygens (including phenoxy) is 1. The number of hydrogen-bond donors (Lipinski definition) is 0. The number of rotatable bonds is 11. The first-order valence-electron chi connectivity index (χ1n) is 7.20. The maximum Gasteiger partial charge on any atom is 0.144 e. The molecule has 0 bridgehead atoms. The van der Waals surface area contributed by atoms with Crippen molar-refractivity contribution in [1.82, 2.24) is 0 Å². The lowest BCUT2D eigenvalue weighted by atomic mass is 10.1. The van der Waals surface area contributed by atoms with Gasteiger partial charge in [-0.1, -0.05) is 58.3 Å². The van der Waals surface area contributed by atoms with E-state index in [1.807, 2.05) is 6.07 Å². The van der Waals surface area contributed by atoms with Gasteiger partial charge in [-0.15, -0.1) is 11.3 Å². The van der Waals surface area contributed by atoms with Crippen molar-refractivity contribution in [3.63, 3.8) is 0 Å². The highest BCUT2D eigenvalue weighted by Crippen LogP contribution is 2.30. The summed E-state index contributed by atoms with van der Waals surface area (Å²) in [6.45, 7) is 3.12. The molecule has 0 aromatic carbocycles. The van der Waals surface area contributed by atoms with Crippen molar-refractivity contribution in [2.45, 2.75) is 64.7 Å². The highest BCUT2D eigenvalue weighted by Gasteiger charge is 2.00. The van der Waals surface area contributed by atoms with Crippen molar-refractivity contribution in [2.24, 2.45) is 0 Å². The Morgan fingerprint density at radius 2 is 1.61 bits per heavy atom. The molecule has 1 heterocycles. The molecule has 0 aliphatic heterocycles. The van der Waals surface area contributed by atoms with Crippen LogP contribution in [0.3, 0.4) is 0 Å². The number of hydrogen-bond acceptors (Lipinski definition) is 2. The Labute approximate surface area is 124 Å². The van der Waals surface area contributed by atoms with Crippen LogP contribution in [0.1, 0.15) is 64.7 Å². The summed E-state index contributed by atoms with van der Waals surface area (Å²) in [7, 11) is 0. The molecule has 0 fully saturated rings. The molecule has 0 saturated carbocycles. The molecule has 0 aliphatic rings. The van der Waals surface area contributed by atoms with Crippen LogP contribution in [0.15, 0.2) is 15.2 Å². The second-order valence-electron chi connectivity index (χ2n) is 4.74. The maximum absolute atomic E-state index is 5.70. The van der Waals surface area contributed by atoms with Crippen LogP contribution in [0.2, 0.25) is 0 Å². The van der Waals surface area contributed by atoms with E-state index in [-0.39, 0.29) is 0 Å². The summed E-state index contributed by atoms with van der Waals surface area (Å²) < 4.78 is 6.81. The van der Waals surface area contributed by atoms with Gasteiger partial charge in [0.1, 0.15) is 9.54 Å². The van der Waals surface area contributed by atoms with Crippen LogP contribution in [-0.4, -0.2) is 6.61 Å². The van der Waals surface area contributed by atoms with E-state index in [0.29, 0.717) is 0 Å². The molecule has 0 spiro atoms. The van der Waals surface area contributed by atoms with Crippen LogP contribution in [0, 0.1) is 0 Å². The minimum atomic E-state index is 0.852. The zero-order chi connectivity index (χ0) is 13.1. The molecule has 0 unspecified atom stereocenters. The van der Waals surface area contributed by atoms with E-state index in [1.165, 1.54) is 57.8 Å². The number of thiophene rings is 1. The van der Waals surface area contributed by atoms with E-state index in [0.717, 1.165) is 16.1 Å². The van der Waals surface area contributed by atoms with Crippen LogP contribution in [-0.2, 0) is 0 Å². The minimum absolute atomic E-state index is 0.852. The van der Waals surface area contributed by atoms with Gasteiger partial charge in [-0.3, -0.25) is 0 Å². The van der Waals surface area contributed by atoms with Gasteiger partial charge in [-0.2, -0.15) is 0 Å². The highest BCUT2D eigenvalue weighted by atomic mass is 79.9. The molecule has 0 atom stereocenters. The first kappa shape index (κ1) is 16.0. The average Bonchev–Trinajstić information content (AvgIpc) is 2.77. The second kappa shape index (κ2) is 10.9. The van der Waals surface area contributed by atoms with Crippen LogP contribution in [0.25, 0.3) is 0 Å². The Morgan fingerprint density at radius 3 is 2.17 bits per heavy atom. The van der Waals surface area contributed by atoms with Gasteiger partial charge in [-0.05, 0) is 33.8 Å². The van der Waals surface area contributed by atoms with Crippen molar-refractivity contribution in [1.29, 1.82) is 0 Å². The van der Waals surface area contributed by atoms with E-state index in [1.54, 1.807) is 11.3 Å². The van der Waals surface area contributed by atoms with Crippen LogP contribution in [0.4, 0.5) is 0 Å². The smallest absolute Gasteiger partial charge is 0.144 e. The van der Waals surface area contributed by atoms with Crippen molar-refractivity contribution in [3.05, 3.63) is 15.2 Å². The lowest BCUT2D eigenvalue weighted by Gasteiger charge is -2.05. The molecule has 0 saturated heterocycles. The maximum atomic E-state index is 5.70. The van der Waals surface area contributed by atoms with Gasteiger partial charge in [0, 0.05) is 0 Å². The van der Waals surface area contributed by atoms with Crippen LogP contribution in [0.5, 0.6) is 5.75 Å². The van der Waals surface area contributed by atoms with Gasteiger partial charge in [0.2, 0.25) is 0 Å². The summed E-state index contributed by atoms with van der Waals surface area (Å²) in [5.74, 6) is 1.000. The summed E-state index contributed by atoms with van der Waals surface area (Å²) in [6, 6.07) is 2.03. The number of unbranched alkanes of at least 4 members (excludes halogenated alkanes) is 8. The Kier molecular flexibility index (Phi) is 9.68. The predicted octanol–water partition coefficient (Wildman–Crippen LogP) is 6.42. The normalized spacial score (nSPS) is 10.8. The van der Waals surface area contributed by atoms with Crippen molar-refractivity contribution < 1.29 is 4.74 Å². The SMILES string of the molecule is CCCCCCCCCCCOc1ccsc1Br. The van der Waals surface area contributed by atoms with E-state index in [2.05, 4.69) is 28.2 Å². The fraction of sp³-hybridized carbons (Fsp3) is 0.733. The van der Waals surface area contributed by atoms with Crippen molar-refractivity contribution >= 4 is 27.3 Å². The predicted molar refractivity (Wildman–Crippen MR) is 84.7 cm³/mol. The molecule has 3 heteroatoms. The van der Waals surface area contributed by atoms with Gasteiger partial charge in [0.15, 0.2) is 0 Å².